The number of nitrogens with zero attached hydrogens (tertiary/aromatic N) is 1. The minimum atomic E-state index is -1.18. The van der Waals surface area contributed by atoms with Crippen LogP contribution in [0.4, 0.5) is 15.8 Å². The molecule has 0 saturated heterocycles. The number of hydrogen-bond acceptors (Lipinski definition) is 4. The van der Waals surface area contributed by atoms with Crippen LogP contribution in [0.2, 0.25) is 5.02 Å². The fourth-order valence-corrected chi connectivity index (χ4v) is 1.49. The van der Waals surface area contributed by atoms with Crippen molar-refractivity contribution in [2.75, 3.05) is 5.32 Å². The molecule has 0 saturated carbocycles. The normalized spacial score (nSPS) is 11.9. The maximum absolute atomic E-state index is 13.2. The smallest absolute Gasteiger partial charge is 0.326 e. The van der Waals surface area contributed by atoms with Crippen molar-refractivity contribution in [3.63, 3.8) is 0 Å². The number of halogens is 2. The lowest BCUT2D eigenvalue weighted by atomic mass is 10.2. The number of hydrogen-bond donors (Lipinski definition) is 2. The molecule has 1 rings (SSSR count). The molecule has 0 aliphatic rings. The van der Waals surface area contributed by atoms with Gasteiger partial charge in [-0.1, -0.05) is 18.5 Å². The first-order valence-corrected chi connectivity index (χ1v) is 5.37. The monoisotopic (exact) mass is 276 g/mol. The summed E-state index contributed by atoms with van der Waals surface area (Å²) in [4.78, 5) is 20.8. The lowest BCUT2D eigenvalue weighted by Gasteiger charge is -2.14. The summed E-state index contributed by atoms with van der Waals surface area (Å²) in [6.45, 7) is 1.59. The minimum absolute atomic E-state index is 0.191. The minimum Gasteiger partial charge on any atom is -0.480 e. The first-order chi connectivity index (χ1) is 8.36. The van der Waals surface area contributed by atoms with Gasteiger partial charge < -0.3 is 10.4 Å². The average molecular weight is 277 g/mol. The highest BCUT2D eigenvalue weighted by molar-refractivity contribution is 6.31. The molecule has 0 aliphatic heterocycles. The van der Waals surface area contributed by atoms with Gasteiger partial charge in [-0.25, -0.2) is 9.18 Å². The molecule has 0 amide bonds. The van der Waals surface area contributed by atoms with E-state index in [4.69, 9.17) is 16.7 Å². The van der Waals surface area contributed by atoms with E-state index < -0.39 is 33.5 Å². The number of nitro groups is 1. The molecule has 6 nitrogen and oxygen atoms in total. The molecule has 0 fully saturated rings. The predicted molar refractivity (Wildman–Crippen MR) is 63.4 cm³/mol. The first-order valence-electron chi connectivity index (χ1n) is 4.99. The molecule has 1 aromatic carbocycles. The van der Waals surface area contributed by atoms with Crippen molar-refractivity contribution in [3.8, 4) is 0 Å². The number of aliphatic carboxylic acids is 1. The highest BCUT2D eigenvalue weighted by atomic mass is 35.5. The van der Waals surface area contributed by atoms with Crippen LogP contribution >= 0.6 is 11.6 Å². The molecule has 0 heterocycles. The van der Waals surface area contributed by atoms with Crippen molar-refractivity contribution in [3.05, 3.63) is 33.1 Å². The van der Waals surface area contributed by atoms with Gasteiger partial charge in [-0.3, -0.25) is 10.1 Å². The summed E-state index contributed by atoms with van der Waals surface area (Å²) in [5.74, 6) is -2.04. The van der Waals surface area contributed by atoms with Crippen molar-refractivity contribution in [2.24, 2.45) is 0 Å². The Balaban J connectivity index is 3.18. The summed E-state index contributed by atoms with van der Waals surface area (Å²) in [7, 11) is 0. The molecule has 0 radical (unpaired) electrons. The highest BCUT2D eigenvalue weighted by Crippen LogP contribution is 2.31. The molecule has 0 spiro atoms. The van der Waals surface area contributed by atoms with E-state index in [0.29, 0.717) is 0 Å². The SMILES string of the molecule is CCC(Nc1cc(F)c(Cl)cc1[N+](=O)[O-])C(=O)O. The zero-order chi connectivity index (χ0) is 13.9. The molecule has 0 aromatic heterocycles. The molecule has 0 aliphatic carbocycles. The summed E-state index contributed by atoms with van der Waals surface area (Å²) in [5, 5.41) is 21.6. The zero-order valence-electron chi connectivity index (χ0n) is 9.31. The quantitative estimate of drug-likeness (QED) is 0.637. The van der Waals surface area contributed by atoms with Gasteiger partial charge in [-0.15, -0.1) is 0 Å². The third-order valence-corrected chi connectivity index (χ3v) is 2.56. The summed E-state index contributed by atoms with van der Waals surface area (Å²) < 4.78 is 13.2. The second-order valence-electron chi connectivity index (χ2n) is 3.48. The van der Waals surface area contributed by atoms with Crippen LogP contribution in [0.3, 0.4) is 0 Å². The lowest BCUT2D eigenvalue weighted by Crippen LogP contribution is -2.28. The van der Waals surface area contributed by atoms with Crippen molar-refractivity contribution in [1.29, 1.82) is 0 Å². The van der Waals surface area contributed by atoms with Gasteiger partial charge in [-0.2, -0.15) is 0 Å². The van der Waals surface area contributed by atoms with E-state index in [1.165, 1.54) is 0 Å². The highest BCUT2D eigenvalue weighted by Gasteiger charge is 2.22. The van der Waals surface area contributed by atoms with Crippen LogP contribution in [0, 0.1) is 15.9 Å². The van der Waals surface area contributed by atoms with Crippen LogP contribution < -0.4 is 5.32 Å². The van der Waals surface area contributed by atoms with Crippen molar-refractivity contribution in [1.82, 2.24) is 0 Å². The standard InChI is InChI=1S/C10H10ClFN2O4/c1-2-7(10(15)16)13-8-4-6(12)5(11)3-9(8)14(17)18/h3-4,7,13H,2H2,1H3,(H,15,16). The Bertz CT molecular complexity index is 495. The van der Waals surface area contributed by atoms with Gasteiger partial charge in [0.05, 0.1) is 9.95 Å². The molecule has 98 valence electrons. The maximum Gasteiger partial charge on any atom is 0.326 e. The third kappa shape index (κ3) is 3.07. The van der Waals surface area contributed by atoms with E-state index >= 15 is 0 Å². The van der Waals surface area contributed by atoms with Crippen LogP contribution in [-0.4, -0.2) is 22.0 Å². The van der Waals surface area contributed by atoms with Crippen LogP contribution in [-0.2, 0) is 4.79 Å². The van der Waals surface area contributed by atoms with E-state index in [9.17, 15) is 19.3 Å². The fourth-order valence-electron chi connectivity index (χ4n) is 1.33. The van der Waals surface area contributed by atoms with E-state index in [0.717, 1.165) is 12.1 Å². The third-order valence-electron chi connectivity index (χ3n) is 2.27. The number of rotatable bonds is 5. The molecule has 2 N–H and O–H groups in total. The number of nitrogens with one attached hydrogen (secondary N) is 1. The number of nitro benzene ring substituents is 1. The van der Waals surface area contributed by atoms with Crippen LogP contribution in [0.5, 0.6) is 0 Å². The van der Waals surface area contributed by atoms with Gasteiger partial charge in [0.25, 0.3) is 5.69 Å². The number of anilines is 1. The largest absolute Gasteiger partial charge is 0.480 e. The number of carboxylic acids is 1. The lowest BCUT2D eigenvalue weighted by molar-refractivity contribution is -0.384. The molecular weight excluding hydrogens is 267 g/mol. The molecule has 1 unspecified atom stereocenters. The van der Waals surface area contributed by atoms with Crippen molar-refractivity contribution < 1.29 is 19.2 Å². The summed E-state index contributed by atoms with van der Waals surface area (Å²) in [5.41, 5.74) is -0.683. The van der Waals surface area contributed by atoms with Gasteiger partial charge >= 0.3 is 5.97 Å². The average Bonchev–Trinajstić information content (AvgIpc) is 2.29. The van der Waals surface area contributed by atoms with E-state index in [1.807, 2.05) is 0 Å². The van der Waals surface area contributed by atoms with Crippen LogP contribution in [0.1, 0.15) is 13.3 Å². The summed E-state index contributed by atoms with van der Waals surface area (Å²) >= 11 is 5.44. The van der Waals surface area contributed by atoms with Crippen molar-refractivity contribution >= 4 is 28.9 Å². The van der Waals surface area contributed by atoms with E-state index in [-0.39, 0.29) is 12.1 Å². The summed E-state index contributed by atoms with van der Waals surface area (Å²) in [6, 6.07) is 0.615. The van der Waals surface area contributed by atoms with Crippen molar-refractivity contribution in [2.45, 2.75) is 19.4 Å². The Labute approximate surface area is 107 Å². The van der Waals surface area contributed by atoms with E-state index in [1.54, 1.807) is 6.92 Å². The van der Waals surface area contributed by atoms with Gasteiger partial charge in [0, 0.05) is 12.1 Å². The van der Waals surface area contributed by atoms with Gasteiger partial charge in [-0.05, 0) is 6.42 Å². The van der Waals surface area contributed by atoms with Gasteiger partial charge in [0.2, 0.25) is 0 Å². The Morgan fingerprint density at radius 2 is 2.28 bits per heavy atom. The first kappa shape index (κ1) is 14.2. The number of carbonyl (C=O) groups is 1. The molecule has 1 aromatic rings. The van der Waals surface area contributed by atoms with Gasteiger partial charge in [0.15, 0.2) is 0 Å². The Hall–Kier alpha value is -1.89. The van der Waals surface area contributed by atoms with Crippen LogP contribution in [0.15, 0.2) is 12.1 Å². The molecule has 8 heteroatoms. The maximum atomic E-state index is 13.2. The molecular formula is C10H10ClFN2O4. The second kappa shape index (κ2) is 5.63. The fraction of sp³-hybridized carbons (Fsp3) is 0.300. The summed E-state index contributed by atoms with van der Waals surface area (Å²) in [6.07, 6.45) is 0.191. The molecule has 1 atom stereocenters. The zero-order valence-corrected chi connectivity index (χ0v) is 10.1. The Kier molecular flexibility index (Phi) is 4.43. The topological polar surface area (TPSA) is 92.5 Å². The molecule has 18 heavy (non-hydrogen) atoms. The molecule has 0 bridgehead atoms. The predicted octanol–water partition coefficient (Wildman–Crippen LogP) is 2.66. The van der Waals surface area contributed by atoms with Gasteiger partial charge in [0.1, 0.15) is 17.5 Å². The van der Waals surface area contributed by atoms with Crippen LogP contribution in [0.25, 0.3) is 0 Å². The van der Waals surface area contributed by atoms with E-state index in [2.05, 4.69) is 5.32 Å². The number of benzene rings is 1. The second-order valence-corrected chi connectivity index (χ2v) is 3.89. The Morgan fingerprint density at radius 3 is 2.72 bits per heavy atom. The number of carboxylic acid groups (broad SMARTS) is 1. The Morgan fingerprint density at radius 1 is 1.67 bits per heavy atom.